The van der Waals surface area contributed by atoms with E-state index in [1.165, 1.54) is 6.42 Å². The summed E-state index contributed by atoms with van der Waals surface area (Å²) in [6, 6.07) is 5.31. The van der Waals surface area contributed by atoms with Gasteiger partial charge in [0, 0.05) is 22.6 Å². The molecular formula is C13H14BrCl2NO. The Morgan fingerprint density at radius 2 is 1.94 bits per heavy atom. The number of alkyl halides is 1. The number of rotatable bonds is 2. The maximum atomic E-state index is 12.3. The van der Waals surface area contributed by atoms with Gasteiger partial charge in [-0.1, -0.05) is 33.6 Å². The minimum absolute atomic E-state index is 0.0145. The summed E-state index contributed by atoms with van der Waals surface area (Å²) < 4.78 is 0.778. The highest BCUT2D eigenvalue weighted by Gasteiger charge is 2.26. The zero-order chi connectivity index (χ0) is 13.1. The number of likely N-dealkylation sites (tertiary alicyclic amines) is 1. The molecule has 1 unspecified atom stereocenters. The van der Waals surface area contributed by atoms with Crippen molar-refractivity contribution in [2.75, 3.05) is 13.1 Å². The fraction of sp³-hybridized carbons (Fsp3) is 0.462. The minimum Gasteiger partial charge on any atom is -0.341 e. The number of halogens is 3. The molecule has 0 aromatic heterocycles. The molecule has 2 rings (SSSR count). The van der Waals surface area contributed by atoms with E-state index < -0.39 is 5.38 Å². The molecule has 18 heavy (non-hydrogen) atoms. The van der Waals surface area contributed by atoms with Crippen molar-refractivity contribution in [3.63, 3.8) is 0 Å². The molecule has 0 radical (unpaired) electrons. The lowest BCUT2D eigenvalue weighted by molar-refractivity contribution is -0.131. The van der Waals surface area contributed by atoms with Gasteiger partial charge in [0.15, 0.2) is 0 Å². The van der Waals surface area contributed by atoms with Gasteiger partial charge < -0.3 is 4.90 Å². The third kappa shape index (κ3) is 3.19. The first kappa shape index (κ1) is 14.2. The Hall–Kier alpha value is -0.250. The van der Waals surface area contributed by atoms with Crippen molar-refractivity contribution in [3.8, 4) is 0 Å². The van der Waals surface area contributed by atoms with E-state index in [1.54, 1.807) is 18.2 Å². The molecule has 1 aromatic carbocycles. The summed E-state index contributed by atoms with van der Waals surface area (Å²) in [5, 5.41) is -0.0188. The van der Waals surface area contributed by atoms with Crippen LogP contribution in [0.25, 0.3) is 0 Å². The van der Waals surface area contributed by atoms with E-state index in [2.05, 4.69) is 15.9 Å². The Morgan fingerprint density at radius 1 is 1.28 bits per heavy atom. The second kappa shape index (κ2) is 6.27. The van der Waals surface area contributed by atoms with Crippen LogP contribution in [0.1, 0.15) is 30.2 Å². The van der Waals surface area contributed by atoms with Gasteiger partial charge >= 0.3 is 0 Å². The van der Waals surface area contributed by atoms with Gasteiger partial charge in [0.1, 0.15) is 5.38 Å². The van der Waals surface area contributed by atoms with Crippen molar-refractivity contribution in [3.05, 3.63) is 33.3 Å². The second-order valence-corrected chi connectivity index (χ2v) is 6.14. The van der Waals surface area contributed by atoms with Crippen LogP contribution in [0.2, 0.25) is 5.02 Å². The van der Waals surface area contributed by atoms with Gasteiger partial charge in [-0.25, -0.2) is 0 Å². The first-order chi connectivity index (χ1) is 8.59. The Kier molecular flexibility index (Phi) is 4.93. The van der Waals surface area contributed by atoms with E-state index >= 15 is 0 Å². The number of hydrogen-bond donors (Lipinski definition) is 0. The molecule has 1 aliphatic heterocycles. The molecule has 1 heterocycles. The summed E-state index contributed by atoms with van der Waals surface area (Å²) >= 11 is 15.6. The molecule has 5 heteroatoms. The average Bonchev–Trinajstić information content (AvgIpc) is 2.38. The predicted octanol–water partition coefficient (Wildman–Crippen LogP) is 4.39. The van der Waals surface area contributed by atoms with Gasteiger partial charge in [-0.15, -0.1) is 11.6 Å². The lowest BCUT2D eigenvalue weighted by atomic mass is 10.1. The van der Waals surface area contributed by atoms with Crippen molar-refractivity contribution < 1.29 is 4.79 Å². The number of carbonyl (C=O) groups excluding carboxylic acids is 1. The van der Waals surface area contributed by atoms with Crippen LogP contribution in [0, 0.1) is 0 Å². The van der Waals surface area contributed by atoms with Crippen LogP contribution in [0.3, 0.4) is 0 Å². The number of hydrogen-bond acceptors (Lipinski definition) is 1. The van der Waals surface area contributed by atoms with Crippen LogP contribution in [-0.2, 0) is 4.79 Å². The summed E-state index contributed by atoms with van der Waals surface area (Å²) in [5.74, 6) is -0.0145. The Morgan fingerprint density at radius 3 is 2.56 bits per heavy atom. The van der Waals surface area contributed by atoms with Gasteiger partial charge in [0.05, 0.1) is 0 Å². The van der Waals surface area contributed by atoms with Gasteiger partial charge in [-0.05, 0) is 37.0 Å². The van der Waals surface area contributed by atoms with Crippen LogP contribution in [0.4, 0.5) is 0 Å². The standard InChI is InChI=1S/C13H14BrCl2NO/c14-11-8-9(15)4-5-10(11)12(16)13(18)17-6-2-1-3-7-17/h4-5,8,12H,1-3,6-7H2. The van der Waals surface area contributed by atoms with Crippen LogP contribution in [0.15, 0.2) is 22.7 Å². The molecule has 2 nitrogen and oxygen atoms in total. The molecule has 1 aliphatic rings. The molecule has 0 N–H and O–H groups in total. The van der Waals surface area contributed by atoms with Crippen molar-refractivity contribution in [1.82, 2.24) is 4.90 Å². The highest BCUT2D eigenvalue weighted by atomic mass is 79.9. The zero-order valence-electron chi connectivity index (χ0n) is 9.83. The molecule has 98 valence electrons. The first-order valence-corrected chi connectivity index (χ1v) is 7.58. The summed E-state index contributed by atoms with van der Waals surface area (Å²) in [6.45, 7) is 1.63. The number of piperidine rings is 1. The molecule has 0 bridgehead atoms. The Labute approximate surface area is 125 Å². The van der Waals surface area contributed by atoms with Crippen molar-refractivity contribution in [2.45, 2.75) is 24.6 Å². The molecule has 1 amide bonds. The molecular weight excluding hydrogens is 337 g/mol. The third-order valence-corrected chi connectivity index (χ3v) is 4.46. The monoisotopic (exact) mass is 349 g/mol. The van der Waals surface area contributed by atoms with Crippen molar-refractivity contribution >= 4 is 45.0 Å². The summed E-state index contributed by atoms with van der Waals surface area (Å²) in [4.78, 5) is 14.1. The Balaban J connectivity index is 2.14. The summed E-state index contributed by atoms with van der Waals surface area (Å²) in [5.41, 5.74) is 0.775. The molecule has 1 fully saturated rings. The van der Waals surface area contributed by atoms with Gasteiger partial charge in [-0.2, -0.15) is 0 Å². The average molecular weight is 351 g/mol. The van der Waals surface area contributed by atoms with Gasteiger partial charge in [0.2, 0.25) is 5.91 Å². The van der Waals surface area contributed by atoms with Crippen LogP contribution in [-0.4, -0.2) is 23.9 Å². The van der Waals surface area contributed by atoms with Crippen LogP contribution < -0.4 is 0 Å². The minimum atomic E-state index is -0.644. The largest absolute Gasteiger partial charge is 0.341 e. The van der Waals surface area contributed by atoms with Gasteiger partial charge in [-0.3, -0.25) is 4.79 Å². The predicted molar refractivity (Wildman–Crippen MR) is 78.2 cm³/mol. The number of carbonyl (C=O) groups is 1. The molecule has 1 aromatic rings. The molecule has 0 aliphatic carbocycles. The topological polar surface area (TPSA) is 20.3 Å². The summed E-state index contributed by atoms with van der Waals surface area (Å²) in [6.07, 6.45) is 3.33. The van der Waals surface area contributed by atoms with Crippen molar-refractivity contribution in [2.24, 2.45) is 0 Å². The third-order valence-electron chi connectivity index (χ3n) is 3.12. The fourth-order valence-corrected chi connectivity index (χ4v) is 3.49. The normalized spacial score (nSPS) is 17.6. The highest BCUT2D eigenvalue weighted by Crippen LogP contribution is 2.32. The van der Waals surface area contributed by atoms with E-state index in [-0.39, 0.29) is 5.91 Å². The molecule has 0 saturated carbocycles. The number of amides is 1. The van der Waals surface area contributed by atoms with E-state index in [9.17, 15) is 4.79 Å². The number of benzene rings is 1. The van der Waals surface area contributed by atoms with Crippen LogP contribution >= 0.6 is 39.1 Å². The fourth-order valence-electron chi connectivity index (χ4n) is 2.11. The molecule has 1 atom stereocenters. The quantitative estimate of drug-likeness (QED) is 0.724. The maximum absolute atomic E-state index is 12.3. The molecule has 0 spiro atoms. The Bertz CT molecular complexity index is 447. The van der Waals surface area contributed by atoms with E-state index in [1.807, 2.05) is 4.90 Å². The number of nitrogens with zero attached hydrogens (tertiary/aromatic N) is 1. The summed E-state index contributed by atoms with van der Waals surface area (Å²) in [7, 11) is 0. The lowest BCUT2D eigenvalue weighted by Gasteiger charge is -2.28. The highest BCUT2D eigenvalue weighted by molar-refractivity contribution is 9.10. The SMILES string of the molecule is O=C(C(Cl)c1ccc(Cl)cc1Br)N1CCCCC1. The molecule has 1 saturated heterocycles. The smallest absolute Gasteiger partial charge is 0.245 e. The maximum Gasteiger partial charge on any atom is 0.245 e. The van der Waals surface area contributed by atoms with E-state index in [0.29, 0.717) is 5.02 Å². The lowest BCUT2D eigenvalue weighted by Crippen LogP contribution is -2.37. The van der Waals surface area contributed by atoms with Crippen molar-refractivity contribution in [1.29, 1.82) is 0 Å². The second-order valence-electron chi connectivity index (χ2n) is 4.41. The van der Waals surface area contributed by atoms with Crippen LogP contribution in [0.5, 0.6) is 0 Å². The van der Waals surface area contributed by atoms with E-state index in [4.69, 9.17) is 23.2 Å². The van der Waals surface area contributed by atoms with Gasteiger partial charge in [0.25, 0.3) is 0 Å². The zero-order valence-corrected chi connectivity index (χ0v) is 12.9. The first-order valence-electron chi connectivity index (χ1n) is 5.97. The van der Waals surface area contributed by atoms with E-state index in [0.717, 1.165) is 36.0 Å².